The molecule has 4 nitrogen and oxygen atoms in total. The van der Waals surface area contributed by atoms with Crippen molar-refractivity contribution in [3.8, 4) is 0 Å². The number of benzene rings is 2. The van der Waals surface area contributed by atoms with E-state index in [1.165, 1.54) is 0 Å². The van der Waals surface area contributed by atoms with Gasteiger partial charge in [0.1, 0.15) is 6.04 Å². The van der Waals surface area contributed by atoms with Crippen molar-refractivity contribution in [2.45, 2.75) is 25.8 Å². The predicted molar refractivity (Wildman–Crippen MR) is 95.3 cm³/mol. The number of anilines is 1. The Morgan fingerprint density at radius 1 is 1.17 bits per heavy atom. The number of nitrogens with zero attached hydrogens (tertiary/aromatic N) is 1. The summed E-state index contributed by atoms with van der Waals surface area (Å²) in [6.45, 7) is 2.51. The number of aryl methyl sites for hydroxylation is 1. The van der Waals surface area contributed by atoms with Crippen LogP contribution in [0.25, 0.3) is 0 Å². The van der Waals surface area contributed by atoms with Gasteiger partial charge in [0.05, 0.1) is 0 Å². The van der Waals surface area contributed by atoms with Crippen molar-refractivity contribution in [2.75, 3.05) is 11.9 Å². The van der Waals surface area contributed by atoms with Crippen molar-refractivity contribution < 1.29 is 9.59 Å². The fraction of sp³-hybridized carbons (Fsp3) is 0.263. The van der Waals surface area contributed by atoms with Crippen LogP contribution < -0.4 is 5.32 Å². The van der Waals surface area contributed by atoms with Crippen LogP contribution in [0.2, 0.25) is 5.02 Å². The molecule has 0 aliphatic carbocycles. The van der Waals surface area contributed by atoms with Gasteiger partial charge in [-0.3, -0.25) is 9.59 Å². The van der Waals surface area contributed by atoms with Crippen molar-refractivity contribution in [2.24, 2.45) is 0 Å². The second kappa shape index (κ2) is 7.05. The highest BCUT2D eigenvalue weighted by atomic mass is 35.5. The first kappa shape index (κ1) is 16.5. The van der Waals surface area contributed by atoms with Crippen LogP contribution in [0.15, 0.2) is 48.5 Å². The Morgan fingerprint density at radius 2 is 1.92 bits per heavy atom. The lowest BCUT2D eigenvalue weighted by Gasteiger charge is -2.24. The highest BCUT2D eigenvalue weighted by Gasteiger charge is 2.34. The van der Waals surface area contributed by atoms with E-state index in [1.807, 2.05) is 31.2 Å². The van der Waals surface area contributed by atoms with Gasteiger partial charge in [0, 0.05) is 22.8 Å². The van der Waals surface area contributed by atoms with E-state index in [1.54, 1.807) is 29.2 Å². The molecule has 1 saturated heterocycles. The Kier molecular flexibility index (Phi) is 4.86. The predicted octanol–water partition coefficient (Wildman–Crippen LogP) is 3.89. The average Bonchev–Trinajstić information content (AvgIpc) is 3.08. The third-order valence-corrected chi connectivity index (χ3v) is 4.53. The minimum Gasteiger partial charge on any atom is -0.327 e. The van der Waals surface area contributed by atoms with Gasteiger partial charge in [-0.2, -0.15) is 0 Å². The molecule has 1 atom stereocenters. The summed E-state index contributed by atoms with van der Waals surface area (Å²) >= 11 is 6.00. The number of halogens is 1. The number of amides is 2. The van der Waals surface area contributed by atoms with Gasteiger partial charge in [0.2, 0.25) is 5.91 Å². The molecular formula is C19H19ClN2O2. The molecule has 0 saturated carbocycles. The summed E-state index contributed by atoms with van der Waals surface area (Å²) < 4.78 is 0. The van der Waals surface area contributed by atoms with Gasteiger partial charge in [-0.1, -0.05) is 35.9 Å². The Balaban J connectivity index is 1.76. The van der Waals surface area contributed by atoms with E-state index in [-0.39, 0.29) is 11.8 Å². The SMILES string of the molecule is Cc1ccc(Cl)cc1NC(=O)C1CCCN1C(=O)c1ccccc1. The molecule has 2 amide bonds. The lowest BCUT2D eigenvalue weighted by atomic mass is 10.1. The fourth-order valence-electron chi connectivity index (χ4n) is 2.97. The number of likely N-dealkylation sites (tertiary alicyclic amines) is 1. The van der Waals surface area contributed by atoms with Crippen LogP contribution in [-0.2, 0) is 4.79 Å². The quantitative estimate of drug-likeness (QED) is 0.919. The zero-order valence-electron chi connectivity index (χ0n) is 13.5. The number of nitrogens with one attached hydrogen (secondary N) is 1. The summed E-state index contributed by atoms with van der Waals surface area (Å²) in [6.07, 6.45) is 1.50. The fourth-order valence-corrected chi connectivity index (χ4v) is 3.15. The number of hydrogen-bond acceptors (Lipinski definition) is 2. The van der Waals surface area contributed by atoms with E-state index in [9.17, 15) is 9.59 Å². The number of carbonyl (C=O) groups is 2. The first-order chi connectivity index (χ1) is 11.6. The zero-order chi connectivity index (χ0) is 17.1. The average molecular weight is 343 g/mol. The molecule has 1 unspecified atom stereocenters. The summed E-state index contributed by atoms with van der Waals surface area (Å²) in [6, 6.07) is 14.0. The minimum atomic E-state index is -0.448. The summed E-state index contributed by atoms with van der Waals surface area (Å²) in [5, 5.41) is 3.48. The Hall–Kier alpha value is -2.33. The third kappa shape index (κ3) is 3.44. The first-order valence-electron chi connectivity index (χ1n) is 7.99. The highest BCUT2D eigenvalue weighted by Crippen LogP contribution is 2.24. The van der Waals surface area contributed by atoms with Crippen LogP contribution >= 0.6 is 11.6 Å². The molecule has 1 aliphatic heterocycles. The minimum absolute atomic E-state index is 0.101. The zero-order valence-corrected chi connectivity index (χ0v) is 14.2. The van der Waals surface area contributed by atoms with Gasteiger partial charge in [0.15, 0.2) is 0 Å². The molecule has 24 heavy (non-hydrogen) atoms. The first-order valence-corrected chi connectivity index (χ1v) is 8.37. The molecule has 2 aromatic carbocycles. The molecule has 3 rings (SSSR count). The van der Waals surface area contributed by atoms with Gasteiger partial charge in [-0.05, 0) is 49.6 Å². The highest BCUT2D eigenvalue weighted by molar-refractivity contribution is 6.31. The van der Waals surface area contributed by atoms with Crippen LogP contribution in [0, 0.1) is 6.92 Å². The Bertz CT molecular complexity index is 761. The molecule has 1 aliphatic rings. The van der Waals surface area contributed by atoms with E-state index in [4.69, 9.17) is 11.6 Å². The maximum atomic E-state index is 12.7. The lowest BCUT2D eigenvalue weighted by molar-refractivity contribution is -0.119. The van der Waals surface area contributed by atoms with Crippen LogP contribution in [0.3, 0.4) is 0 Å². The van der Waals surface area contributed by atoms with Gasteiger partial charge < -0.3 is 10.2 Å². The number of carbonyl (C=O) groups excluding carboxylic acids is 2. The number of hydrogen-bond donors (Lipinski definition) is 1. The molecule has 1 heterocycles. The molecule has 0 spiro atoms. The van der Waals surface area contributed by atoms with Crippen molar-refractivity contribution >= 4 is 29.1 Å². The van der Waals surface area contributed by atoms with E-state index >= 15 is 0 Å². The normalized spacial score (nSPS) is 16.9. The Labute approximate surface area is 146 Å². The molecule has 5 heteroatoms. The lowest BCUT2D eigenvalue weighted by Crippen LogP contribution is -2.43. The van der Waals surface area contributed by atoms with E-state index < -0.39 is 6.04 Å². The molecule has 0 radical (unpaired) electrons. The second-order valence-electron chi connectivity index (χ2n) is 5.97. The largest absolute Gasteiger partial charge is 0.327 e. The maximum Gasteiger partial charge on any atom is 0.254 e. The van der Waals surface area contributed by atoms with Crippen molar-refractivity contribution in [3.63, 3.8) is 0 Å². The van der Waals surface area contributed by atoms with Crippen LogP contribution in [0.5, 0.6) is 0 Å². The Morgan fingerprint density at radius 3 is 2.67 bits per heavy atom. The molecule has 0 bridgehead atoms. The van der Waals surface area contributed by atoms with Gasteiger partial charge in [-0.15, -0.1) is 0 Å². The monoisotopic (exact) mass is 342 g/mol. The molecule has 2 aromatic rings. The van der Waals surface area contributed by atoms with Crippen LogP contribution in [0.4, 0.5) is 5.69 Å². The van der Waals surface area contributed by atoms with Crippen molar-refractivity contribution in [1.82, 2.24) is 4.90 Å². The summed E-state index contributed by atoms with van der Waals surface area (Å²) in [5.74, 6) is -0.266. The number of rotatable bonds is 3. The van der Waals surface area contributed by atoms with Crippen LogP contribution in [-0.4, -0.2) is 29.3 Å². The van der Waals surface area contributed by atoms with E-state index in [0.29, 0.717) is 29.2 Å². The van der Waals surface area contributed by atoms with Gasteiger partial charge >= 0.3 is 0 Å². The smallest absolute Gasteiger partial charge is 0.254 e. The maximum absolute atomic E-state index is 12.7. The second-order valence-corrected chi connectivity index (χ2v) is 6.41. The summed E-state index contributed by atoms with van der Waals surface area (Å²) in [5.41, 5.74) is 2.23. The van der Waals surface area contributed by atoms with Gasteiger partial charge in [-0.25, -0.2) is 0 Å². The molecule has 1 N–H and O–H groups in total. The topological polar surface area (TPSA) is 49.4 Å². The van der Waals surface area contributed by atoms with Crippen molar-refractivity contribution in [1.29, 1.82) is 0 Å². The van der Waals surface area contributed by atoms with E-state index in [2.05, 4.69) is 5.32 Å². The molecular weight excluding hydrogens is 324 g/mol. The van der Waals surface area contributed by atoms with Crippen molar-refractivity contribution in [3.05, 3.63) is 64.7 Å². The molecule has 124 valence electrons. The summed E-state index contributed by atoms with van der Waals surface area (Å²) in [4.78, 5) is 27.0. The van der Waals surface area contributed by atoms with Crippen LogP contribution in [0.1, 0.15) is 28.8 Å². The molecule has 1 fully saturated rings. The van der Waals surface area contributed by atoms with E-state index in [0.717, 1.165) is 12.0 Å². The molecule has 0 aromatic heterocycles. The van der Waals surface area contributed by atoms with Gasteiger partial charge in [0.25, 0.3) is 5.91 Å². The standard InChI is InChI=1S/C19H19ClN2O2/c1-13-9-10-15(20)12-16(13)21-18(23)17-8-5-11-22(17)19(24)14-6-3-2-4-7-14/h2-4,6-7,9-10,12,17H,5,8,11H2,1H3,(H,21,23). The summed E-state index contributed by atoms with van der Waals surface area (Å²) in [7, 11) is 0. The third-order valence-electron chi connectivity index (χ3n) is 4.29.